The number of likely N-dealkylation sites (tertiary alicyclic amines) is 1. The Morgan fingerprint density at radius 1 is 1.73 bits per heavy atom. The molecule has 1 heterocycles. The summed E-state index contributed by atoms with van der Waals surface area (Å²) in [6.45, 7) is 2.77. The van der Waals surface area contributed by atoms with Gasteiger partial charge in [0.25, 0.3) is 0 Å². The number of thiocarbonyl (C=S) groups is 1. The standard InChI is InChI=1S/C7H13FN2S/c1-7(8)3-4-10(5-7)6(11)9-2/h3-5H2,1-2H3,(H,9,11). The average molecular weight is 176 g/mol. The number of hydrogen-bond donors (Lipinski definition) is 1. The lowest BCUT2D eigenvalue weighted by molar-refractivity contribution is 0.206. The molecule has 1 unspecified atom stereocenters. The van der Waals surface area contributed by atoms with Crippen LogP contribution in [0.25, 0.3) is 0 Å². The van der Waals surface area contributed by atoms with Crippen LogP contribution in [-0.2, 0) is 0 Å². The second-order valence-corrected chi connectivity index (χ2v) is 3.53. The molecule has 11 heavy (non-hydrogen) atoms. The lowest BCUT2D eigenvalue weighted by Gasteiger charge is -2.19. The van der Waals surface area contributed by atoms with Gasteiger partial charge in [0.05, 0.1) is 6.54 Å². The van der Waals surface area contributed by atoms with Crippen molar-refractivity contribution in [3.63, 3.8) is 0 Å². The Kier molecular flexibility index (Phi) is 2.32. The van der Waals surface area contributed by atoms with Gasteiger partial charge in [-0.15, -0.1) is 0 Å². The van der Waals surface area contributed by atoms with Crippen LogP contribution in [0.5, 0.6) is 0 Å². The van der Waals surface area contributed by atoms with E-state index in [1.54, 1.807) is 14.0 Å². The summed E-state index contributed by atoms with van der Waals surface area (Å²) in [6, 6.07) is 0. The summed E-state index contributed by atoms with van der Waals surface area (Å²) in [5.74, 6) is 0. The molecule has 0 saturated carbocycles. The third-order valence-electron chi connectivity index (χ3n) is 1.92. The Balaban J connectivity index is 2.48. The van der Waals surface area contributed by atoms with E-state index < -0.39 is 5.67 Å². The summed E-state index contributed by atoms with van der Waals surface area (Å²) in [7, 11) is 1.76. The second kappa shape index (κ2) is 2.93. The summed E-state index contributed by atoms with van der Waals surface area (Å²) in [5, 5.41) is 3.48. The van der Waals surface area contributed by atoms with Crippen molar-refractivity contribution in [1.29, 1.82) is 0 Å². The fraction of sp³-hybridized carbons (Fsp3) is 0.857. The fourth-order valence-electron chi connectivity index (χ4n) is 1.26. The van der Waals surface area contributed by atoms with Gasteiger partial charge >= 0.3 is 0 Å². The first-order chi connectivity index (χ1) is 5.05. The van der Waals surface area contributed by atoms with Crippen molar-refractivity contribution in [1.82, 2.24) is 10.2 Å². The highest BCUT2D eigenvalue weighted by molar-refractivity contribution is 7.80. The van der Waals surface area contributed by atoms with Crippen molar-refractivity contribution < 1.29 is 4.39 Å². The molecule has 0 radical (unpaired) electrons. The highest BCUT2D eigenvalue weighted by Gasteiger charge is 2.34. The molecule has 64 valence electrons. The van der Waals surface area contributed by atoms with Gasteiger partial charge in [0.1, 0.15) is 5.67 Å². The highest BCUT2D eigenvalue weighted by Crippen LogP contribution is 2.24. The molecular weight excluding hydrogens is 163 g/mol. The largest absolute Gasteiger partial charge is 0.366 e. The zero-order valence-corrected chi connectivity index (χ0v) is 7.67. The van der Waals surface area contributed by atoms with Crippen molar-refractivity contribution in [2.45, 2.75) is 19.0 Å². The van der Waals surface area contributed by atoms with Gasteiger partial charge < -0.3 is 10.2 Å². The van der Waals surface area contributed by atoms with Gasteiger partial charge in [-0.3, -0.25) is 0 Å². The second-order valence-electron chi connectivity index (χ2n) is 3.14. The summed E-state index contributed by atoms with van der Waals surface area (Å²) in [5.41, 5.74) is -1.05. The van der Waals surface area contributed by atoms with E-state index in [2.05, 4.69) is 5.32 Å². The highest BCUT2D eigenvalue weighted by atomic mass is 32.1. The van der Waals surface area contributed by atoms with Gasteiger partial charge in [0, 0.05) is 20.0 Å². The predicted octanol–water partition coefficient (Wildman–Crippen LogP) is 0.925. The maximum absolute atomic E-state index is 13.2. The van der Waals surface area contributed by atoms with E-state index in [4.69, 9.17) is 12.2 Å². The van der Waals surface area contributed by atoms with Crippen molar-refractivity contribution in [2.75, 3.05) is 20.1 Å². The van der Waals surface area contributed by atoms with Gasteiger partial charge in [0.2, 0.25) is 0 Å². The SMILES string of the molecule is CNC(=S)N1CCC(C)(F)C1. The zero-order chi connectivity index (χ0) is 8.48. The molecule has 0 spiro atoms. The van der Waals surface area contributed by atoms with Gasteiger partial charge in [-0.05, 0) is 19.1 Å². The third kappa shape index (κ3) is 2.02. The molecule has 0 bridgehead atoms. The minimum absolute atomic E-state index is 0.423. The monoisotopic (exact) mass is 176 g/mol. The molecule has 1 N–H and O–H groups in total. The molecule has 1 fully saturated rings. The Morgan fingerprint density at radius 2 is 2.36 bits per heavy atom. The third-order valence-corrected chi connectivity index (χ3v) is 2.39. The molecule has 1 saturated heterocycles. The van der Waals surface area contributed by atoms with Gasteiger partial charge in [-0.1, -0.05) is 0 Å². The molecule has 0 amide bonds. The van der Waals surface area contributed by atoms with Crippen LogP contribution >= 0.6 is 12.2 Å². The number of halogens is 1. The number of hydrogen-bond acceptors (Lipinski definition) is 1. The minimum atomic E-state index is -1.05. The van der Waals surface area contributed by atoms with Crippen LogP contribution in [0.4, 0.5) is 4.39 Å². The Labute approximate surface area is 71.8 Å². The molecule has 0 aliphatic carbocycles. The first-order valence-electron chi connectivity index (χ1n) is 3.71. The number of rotatable bonds is 0. The first kappa shape index (κ1) is 8.71. The van der Waals surface area contributed by atoms with Crippen LogP contribution in [0.15, 0.2) is 0 Å². The van der Waals surface area contributed by atoms with E-state index in [-0.39, 0.29) is 0 Å². The molecule has 0 aromatic rings. The average Bonchev–Trinajstić information content (AvgIpc) is 2.29. The topological polar surface area (TPSA) is 15.3 Å². The lowest BCUT2D eigenvalue weighted by Crippen LogP contribution is -2.37. The van der Waals surface area contributed by atoms with Gasteiger partial charge in [-0.25, -0.2) is 4.39 Å². The molecule has 0 aromatic carbocycles. The quantitative estimate of drug-likeness (QED) is 0.553. The Hall–Kier alpha value is -0.380. The molecule has 1 atom stereocenters. The smallest absolute Gasteiger partial charge is 0.168 e. The first-order valence-corrected chi connectivity index (χ1v) is 4.11. The van der Waals surface area contributed by atoms with Crippen LogP contribution < -0.4 is 5.32 Å². The van der Waals surface area contributed by atoms with E-state index in [0.29, 0.717) is 18.1 Å². The van der Waals surface area contributed by atoms with E-state index in [0.717, 1.165) is 6.54 Å². The van der Waals surface area contributed by atoms with Crippen LogP contribution in [0.1, 0.15) is 13.3 Å². The van der Waals surface area contributed by atoms with Crippen LogP contribution in [0.3, 0.4) is 0 Å². The maximum atomic E-state index is 13.2. The predicted molar refractivity (Wildman–Crippen MR) is 47.4 cm³/mol. The number of nitrogens with zero attached hydrogens (tertiary/aromatic N) is 1. The van der Waals surface area contributed by atoms with Crippen molar-refractivity contribution in [3.05, 3.63) is 0 Å². The molecule has 2 nitrogen and oxygen atoms in total. The van der Waals surface area contributed by atoms with Crippen LogP contribution in [0, 0.1) is 0 Å². The van der Waals surface area contributed by atoms with Crippen LogP contribution in [-0.4, -0.2) is 35.8 Å². The molecule has 0 aromatic heterocycles. The molecular formula is C7H13FN2S. The summed E-state index contributed by atoms with van der Waals surface area (Å²) in [4.78, 5) is 1.86. The molecule has 1 rings (SSSR count). The molecule has 1 aliphatic rings. The Morgan fingerprint density at radius 3 is 2.73 bits per heavy atom. The zero-order valence-electron chi connectivity index (χ0n) is 6.85. The molecule has 1 aliphatic heterocycles. The lowest BCUT2D eigenvalue weighted by atomic mass is 10.1. The van der Waals surface area contributed by atoms with Crippen LogP contribution in [0.2, 0.25) is 0 Å². The van der Waals surface area contributed by atoms with E-state index in [9.17, 15) is 4.39 Å². The summed E-state index contributed by atoms with van der Waals surface area (Å²) >= 11 is 4.97. The minimum Gasteiger partial charge on any atom is -0.366 e. The molecule has 4 heteroatoms. The Bertz CT molecular complexity index is 170. The normalized spacial score (nSPS) is 30.6. The maximum Gasteiger partial charge on any atom is 0.168 e. The number of nitrogens with one attached hydrogen (secondary N) is 1. The number of alkyl halides is 1. The van der Waals surface area contributed by atoms with Gasteiger partial charge in [-0.2, -0.15) is 0 Å². The fourth-order valence-corrected chi connectivity index (χ4v) is 1.41. The van der Waals surface area contributed by atoms with E-state index in [1.807, 2.05) is 4.90 Å². The van der Waals surface area contributed by atoms with Crippen molar-refractivity contribution >= 4 is 17.3 Å². The van der Waals surface area contributed by atoms with Gasteiger partial charge in [0.15, 0.2) is 5.11 Å². The van der Waals surface area contributed by atoms with Crippen molar-refractivity contribution in [3.8, 4) is 0 Å². The summed E-state index contributed by atoms with van der Waals surface area (Å²) < 4.78 is 13.2. The van der Waals surface area contributed by atoms with Crippen molar-refractivity contribution in [2.24, 2.45) is 0 Å². The van der Waals surface area contributed by atoms with E-state index >= 15 is 0 Å². The van der Waals surface area contributed by atoms with E-state index in [1.165, 1.54) is 0 Å². The summed E-state index contributed by atoms with van der Waals surface area (Å²) in [6.07, 6.45) is 0.578.